The van der Waals surface area contributed by atoms with E-state index in [0.29, 0.717) is 18.1 Å². The molecule has 3 rings (SSSR count). The first-order chi connectivity index (χ1) is 12.0. The van der Waals surface area contributed by atoms with E-state index in [9.17, 15) is 14.7 Å². The quantitative estimate of drug-likeness (QED) is 0.811. The lowest BCUT2D eigenvalue weighted by atomic mass is 10.0. The van der Waals surface area contributed by atoms with Gasteiger partial charge in [0.15, 0.2) is 0 Å². The Morgan fingerprint density at radius 2 is 2.20 bits per heavy atom. The van der Waals surface area contributed by atoms with Gasteiger partial charge in [0, 0.05) is 29.9 Å². The average Bonchev–Trinajstić information content (AvgIpc) is 2.61. The minimum Gasteiger partial charge on any atom is -0.465 e. The number of piperazine rings is 1. The fourth-order valence-corrected chi connectivity index (χ4v) is 3.53. The molecule has 0 saturated carbocycles. The zero-order valence-electron chi connectivity index (χ0n) is 13.8. The van der Waals surface area contributed by atoms with E-state index >= 15 is 0 Å². The van der Waals surface area contributed by atoms with Gasteiger partial charge in [-0.25, -0.2) is 9.78 Å². The van der Waals surface area contributed by atoms with Crippen LogP contribution in [-0.4, -0.2) is 59.7 Å². The Morgan fingerprint density at radius 3 is 2.88 bits per heavy atom. The summed E-state index contributed by atoms with van der Waals surface area (Å²) >= 11 is 6.18. The van der Waals surface area contributed by atoms with Gasteiger partial charge in [-0.2, -0.15) is 0 Å². The van der Waals surface area contributed by atoms with Crippen LogP contribution in [-0.2, 0) is 4.79 Å². The summed E-state index contributed by atoms with van der Waals surface area (Å²) < 4.78 is 0. The van der Waals surface area contributed by atoms with Crippen LogP contribution in [0, 0.1) is 0 Å². The first kappa shape index (κ1) is 17.4. The van der Waals surface area contributed by atoms with Crippen LogP contribution in [0.15, 0.2) is 30.3 Å². The molecule has 7 nitrogen and oxygen atoms in total. The van der Waals surface area contributed by atoms with E-state index in [4.69, 9.17) is 11.6 Å². The molecule has 0 aliphatic carbocycles. The van der Waals surface area contributed by atoms with E-state index in [2.05, 4.69) is 10.3 Å². The predicted octanol–water partition coefficient (Wildman–Crippen LogP) is 2.19. The minimum absolute atomic E-state index is 0.0612. The number of fused-ring (bicyclic) bond motifs is 1. The Morgan fingerprint density at radius 1 is 1.40 bits per heavy atom. The molecule has 2 heterocycles. The van der Waals surface area contributed by atoms with Crippen molar-refractivity contribution in [1.29, 1.82) is 0 Å². The molecule has 1 aromatic carbocycles. The lowest BCUT2D eigenvalue weighted by Crippen LogP contribution is -2.70. The van der Waals surface area contributed by atoms with Crippen LogP contribution in [0.3, 0.4) is 0 Å². The third-order valence-corrected chi connectivity index (χ3v) is 5.00. The number of likely N-dealkylation sites (N-methyl/N-ethyl adjacent to an activating group) is 1. The molecule has 1 aliphatic rings. The van der Waals surface area contributed by atoms with Crippen molar-refractivity contribution in [3.8, 4) is 0 Å². The lowest BCUT2D eigenvalue weighted by Gasteiger charge is -2.49. The van der Waals surface area contributed by atoms with Crippen molar-refractivity contribution in [1.82, 2.24) is 15.2 Å². The highest BCUT2D eigenvalue weighted by Gasteiger charge is 2.43. The third-order valence-electron chi connectivity index (χ3n) is 4.67. The molecule has 1 unspecified atom stereocenters. The van der Waals surface area contributed by atoms with Crippen molar-refractivity contribution >= 4 is 40.7 Å². The number of halogens is 1. The van der Waals surface area contributed by atoms with Gasteiger partial charge < -0.3 is 14.8 Å². The standard InChI is InChI=1S/C17H19ClN4O3/c1-19-17(7-10-23)11-21(8-9-22(17)16(24)25)15-6-5-12-13(18)3-2-4-14(12)20-15/h2-6,10,19H,7-9,11H2,1H3,(H,24,25). The molecule has 132 valence electrons. The van der Waals surface area contributed by atoms with E-state index in [1.54, 1.807) is 7.05 Å². The van der Waals surface area contributed by atoms with Crippen LogP contribution in [0.2, 0.25) is 5.02 Å². The van der Waals surface area contributed by atoms with Crippen LogP contribution < -0.4 is 10.2 Å². The number of anilines is 1. The van der Waals surface area contributed by atoms with Gasteiger partial charge in [0.1, 0.15) is 17.8 Å². The number of aromatic nitrogens is 1. The van der Waals surface area contributed by atoms with Crippen molar-refractivity contribution in [3.63, 3.8) is 0 Å². The van der Waals surface area contributed by atoms with Crippen molar-refractivity contribution in [2.24, 2.45) is 0 Å². The second-order valence-corrected chi connectivity index (χ2v) is 6.39. The summed E-state index contributed by atoms with van der Waals surface area (Å²) in [5.74, 6) is 0.727. The molecule has 8 heteroatoms. The van der Waals surface area contributed by atoms with Crippen molar-refractivity contribution < 1.29 is 14.7 Å². The maximum Gasteiger partial charge on any atom is 0.408 e. The summed E-state index contributed by atoms with van der Waals surface area (Å²) in [6, 6.07) is 9.31. The number of carbonyl (C=O) groups is 2. The zero-order chi connectivity index (χ0) is 18.0. The number of hydrogen-bond donors (Lipinski definition) is 2. The van der Waals surface area contributed by atoms with Gasteiger partial charge >= 0.3 is 6.09 Å². The Labute approximate surface area is 150 Å². The molecule has 1 aliphatic heterocycles. The molecule has 0 spiro atoms. The maximum atomic E-state index is 11.6. The van der Waals surface area contributed by atoms with E-state index in [1.807, 2.05) is 35.2 Å². The highest BCUT2D eigenvalue weighted by atomic mass is 35.5. The lowest BCUT2D eigenvalue weighted by molar-refractivity contribution is -0.110. The smallest absolute Gasteiger partial charge is 0.408 e. The third kappa shape index (κ3) is 3.12. The van der Waals surface area contributed by atoms with Gasteiger partial charge in [-0.05, 0) is 31.3 Å². The van der Waals surface area contributed by atoms with Crippen molar-refractivity contribution in [3.05, 3.63) is 35.4 Å². The molecule has 0 bridgehead atoms. The maximum absolute atomic E-state index is 11.6. The van der Waals surface area contributed by atoms with Gasteiger partial charge in [0.25, 0.3) is 0 Å². The molecule has 1 amide bonds. The Hall–Kier alpha value is -2.38. The summed E-state index contributed by atoms with van der Waals surface area (Å²) in [5.41, 5.74) is -0.201. The van der Waals surface area contributed by atoms with Crippen LogP contribution in [0.1, 0.15) is 6.42 Å². The average molecular weight is 363 g/mol. The summed E-state index contributed by atoms with van der Waals surface area (Å²) in [6.07, 6.45) is -0.246. The number of nitrogens with one attached hydrogen (secondary N) is 1. The van der Waals surface area contributed by atoms with Crippen LogP contribution in [0.4, 0.5) is 10.6 Å². The molecule has 1 saturated heterocycles. The number of aldehydes is 1. The van der Waals surface area contributed by atoms with Crippen LogP contribution in [0.25, 0.3) is 10.9 Å². The van der Waals surface area contributed by atoms with Crippen LogP contribution >= 0.6 is 11.6 Å². The molecular formula is C17H19ClN4O3. The summed E-state index contributed by atoms with van der Waals surface area (Å²) in [5, 5.41) is 14.0. The molecule has 25 heavy (non-hydrogen) atoms. The van der Waals surface area contributed by atoms with Crippen LogP contribution in [0.5, 0.6) is 0 Å². The fourth-order valence-electron chi connectivity index (χ4n) is 3.30. The Balaban J connectivity index is 1.96. The Bertz CT molecular complexity index is 816. The second-order valence-electron chi connectivity index (χ2n) is 5.98. The normalized spacial score (nSPS) is 20.7. The van der Waals surface area contributed by atoms with Gasteiger partial charge in [0.2, 0.25) is 0 Å². The number of carbonyl (C=O) groups excluding carboxylic acids is 1. The number of hydrogen-bond acceptors (Lipinski definition) is 5. The number of amides is 1. The molecule has 0 radical (unpaired) electrons. The van der Waals surface area contributed by atoms with E-state index in [-0.39, 0.29) is 13.0 Å². The Kier molecular flexibility index (Phi) is 4.78. The van der Waals surface area contributed by atoms with Gasteiger partial charge in [0.05, 0.1) is 12.1 Å². The highest BCUT2D eigenvalue weighted by Crippen LogP contribution is 2.28. The number of benzene rings is 1. The highest BCUT2D eigenvalue weighted by molar-refractivity contribution is 6.35. The number of pyridine rings is 1. The molecular weight excluding hydrogens is 344 g/mol. The first-order valence-electron chi connectivity index (χ1n) is 7.94. The number of carboxylic acid groups (broad SMARTS) is 1. The van der Waals surface area contributed by atoms with Crippen molar-refractivity contribution in [2.45, 2.75) is 12.1 Å². The summed E-state index contributed by atoms with van der Waals surface area (Å²) in [7, 11) is 1.66. The predicted molar refractivity (Wildman–Crippen MR) is 96.2 cm³/mol. The largest absolute Gasteiger partial charge is 0.465 e. The van der Waals surface area contributed by atoms with Gasteiger partial charge in [-0.15, -0.1) is 0 Å². The fraction of sp³-hybridized carbons (Fsp3) is 0.353. The minimum atomic E-state index is -1.05. The van der Waals surface area contributed by atoms with Crippen molar-refractivity contribution in [2.75, 3.05) is 31.6 Å². The topological polar surface area (TPSA) is 85.8 Å². The molecule has 2 N–H and O–H groups in total. The summed E-state index contributed by atoms with van der Waals surface area (Å²) in [4.78, 5) is 30.7. The van der Waals surface area contributed by atoms with E-state index < -0.39 is 11.8 Å². The monoisotopic (exact) mass is 362 g/mol. The number of nitrogens with zero attached hydrogens (tertiary/aromatic N) is 3. The zero-order valence-corrected chi connectivity index (χ0v) is 14.5. The molecule has 1 aromatic heterocycles. The molecule has 1 atom stereocenters. The van der Waals surface area contributed by atoms with Gasteiger partial charge in [-0.1, -0.05) is 17.7 Å². The molecule has 1 fully saturated rings. The van der Waals surface area contributed by atoms with E-state index in [0.717, 1.165) is 23.0 Å². The second kappa shape index (κ2) is 6.85. The molecule has 2 aromatic rings. The SMILES string of the molecule is CNC1(CC=O)CN(c2ccc3c(Cl)cccc3n2)CCN1C(=O)O. The van der Waals surface area contributed by atoms with E-state index in [1.165, 1.54) is 4.90 Å². The first-order valence-corrected chi connectivity index (χ1v) is 8.32. The number of rotatable bonds is 4. The summed E-state index contributed by atoms with van der Waals surface area (Å²) in [6.45, 7) is 1.10. The van der Waals surface area contributed by atoms with Gasteiger partial charge in [-0.3, -0.25) is 10.2 Å².